The molecule has 4 heteroatoms. The van der Waals surface area contributed by atoms with E-state index in [0.29, 0.717) is 11.8 Å². The number of nitrogens with one attached hydrogen (secondary N) is 2. The van der Waals surface area contributed by atoms with E-state index in [2.05, 4.69) is 12.2 Å². The fraction of sp³-hybridized carbons (Fsp3) is 0.667. The van der Waals surface area contributed by atoms with Crippen molar-refractivity contribution < 1.29 is 14.1 Å². The van der Waals surface area contributed by atoms with Crippen LogP contribution >= 0.6 is 0 Å². The van der Waals surface area contributed by atoms with Crippen molar-refractivity contribution in [1.82, 2.24) is 5.32 Å². The number of quaternary nitrogens is 1. The first-order chi connectivity index (χ1) is 9.28. The summed E-state index contributed by atoms with van der Waals surface area (Å²) in [7, 11) is 0. The van der Waals surface area contributed by atoms with Crippen molar-refractivity contribution in [3.8, 4) is 0 Å². The van der Waals surface area contributed by atoms with Crippen molar-refractivity contribution in [3.05, 3.63) is 24.2 Å². The summed E-state index contributed by atoms with van der Waals surface area (Å²) in [6, 6.07) is 4.06. The highest BCUT2D eigenvalue weighted by Crippen LogP contribution is 2.28. The van der Waals surface area contributed by atoms with Gasteiger partial charge in [-0.2, -0.15) is 0 Å². The maximum absolute atomic E-state index is 11.9. The standard InChI is InChI=1S/C15H22N2O2/c1-2-11-10-17-6-5-12(11)8-13(17)9-16-15(18)14-4-3-7-19-14/h3-4,7,11-13H,2,5-6,8-10H2,1H3,(H,16,18)/p+1/t11-,12-,13+/m0/s1. The molecule has 3 fully saturated rings. The number of piperidine rings is 3. The molecule has 3 saturated heterocycles. The maximum atomic E-state index is 11.9. The average Bonchev–Trinajstić information content (AvgIpc) is 2.99. The van der Waals surface area contributed by atoms with Crippen molar-refractivity contribution >= 4 is 5.91 Å². The molecule has 1 unspecified atom stereocenters. The fourth-order valence-electron chi connectivity index (χ4n) is 3.84. The van der Waals surface area contributed by atoms with Gasteiger partial charge in [0.1, 0.15) is 6.04 Å². The molecule has 0 aliphatic carbocycles. The van der Waals surface area contributed by atoms with Crippen LogP contribution in [0.25, 0.3) is 0 Å². The van der Waals surface area contributed by atoms with Crippen molar-refractivity contribution in [3.63, 3.8) is 0 Å². The van der Waals surface area contributed by atoms with Gasteiger partial charge >= 0.3 is 0 Å². The van der Waals surface area contributed by atoms with Crippen LogP contribution in [0, 0.1) is 11.8 Å². The van der Waals surface area contributed by atoms with Crippen LogP contribution in [0.4, 0.5) is 0 Å². The van der Waals surface area contributed by atoms with Crippen molar-refractivity contribution in [2.24, 2.45) is 11.8 Å². The molecule has 0 radical (unpaired) electrons. The van der Waals surface area contributed by atoms with Gasteiger partial charge in [-0.1, -0.05) is 6.92 Å². The molecule has 1 aromatic heterocycles. The molecule has 4 nitrogen and oxygen atoms in total. The molecular weight excluding hydrogens is 240 g/mol. The van der Waals surface area contributed by atoms with E-state index in [-0.39, 0.29) is 5.91 Å². The van der Waals surface area contributed by atoms with Crippen LogP contribution in [0.15, 0.2) is 22.8 Å². The molecule has 2 bridgehead atoms. The number of amides is 1. The quantitative estimate of drug-likeness (QED) is 0.840. The van der Waals surface area contributed by atoms with E-state index in [1.165, 1.54) is 38.6 Å². The number of hydrogen-bond donors (Lipinski definition) is 2. The highest BCUT2D eigenvalue weighted by atomic mass is 16.3. The molecule has 0 saturated carbocycles. The Morgan fingerprint density at radius 3 is 3.11 bits per heavy atom. The summed E-state index contributed by atoms with van der Waals surface area (Å²) >= 11 is 0. The van der Waals surface area contributed by atoms with Gasteiger partial charge in [-0.15, -0.1) is 0 Å². The predicted molar refractivity (Wildman–Crippen MR) is 72.0 cm³/mol. The van der Waals surface area contributed by atoms with E-state index in [1.807, 2.05) is 0 Å². The van der Waals surface area contributed by atoms with Gasteiger partial charge in [0, 0.05) is 18.8 Å². The van der Waals surface area contributed by atoms with E-state index >= 15 is 0 Å². The molecule has 1 aromatic rings. The second kappa shape index (κ2) is 5.37. The molecule has 19 heavy (non-hydrogen) atoms. The normalized spacial score (nSPS) is 33.3. The lowest BCUT2D eigenvalue weighted by atomic mass is 9.74. The second-order valence-electron chi connectivity index (χ2n) is 5.95. The van der Waals surface area contributed by atoms with Gasteiger partial charge in [-0.05, 0) is 24.5 Å². The molecule has 3 aliphatic rings. The Labute approximate surface area is 114 Å². The Bertz CT molecular complexity index is 429. The largest absolute Gasteiger partial charge is 0.459 e. The minimum absolute atomic E-state index is 0.0842. The third-order valence-corrected chi connectivity index (χ3v) is 4.97. The fourth-order valence-corrected chi connectivity index (χ4v) is 3.84. The monoisotopic (exact) mass is 263 g/mol. The zero-order valence-electron chi connectivity index (χ0n) is 11.5. The highest BCUT2D eigenvalue weighted by Gasteiger charge is 2.42. The number of carbonyl (C=O) groups is 1. The minimum atomic E-state index is -0.0842. The lowest BCUT2D eigenvalue weighted by molar-refractivity contribution is -0.945. The van der Waals surface area contributed by atoms with Crippen LogP contribution in [0.2, 0.25) is 0 Å². The summed E-state index contributed by atoms with van der Waals surface area (Å²) in [6.07, 6.45) is 5.49. The van der Waals surface area contributed by atoms with Crippen molar-refractivity contribution in [2.45, 2.75) is 32.2 Å². The smallest absolute Gasteiger partial charge is 0.287 e. The van der Waals surface area contributed by atoms with E-state index in [1.54, 1.807) is 17.0 Å². The summed E-state index contributed by atoms with van der Waals surface area (Å²) in [4.78, 5) is 13.6. The summed E-state index contributed by atoms with van der Waals surface area (Å²) in [5.41, 5.74) is 0. The van der Waals surface area contributed by atoms with Crippen LogP contribution in [0.5, 0.6) is 0 Å². The van der Waals surface area contributed by atoms with E-state index in [4.69, 9.17) is 4.42 Å². The molecule has 0 aromatic carbocycles. The van der Waals surface area contributed by atoms with Crippen LogP contribution in [0.3, 0.4) is 0 Å². The van der Waals surface area contributed by atoms with Crippen molar-refractivity contribution in [1.29, 1.82) is 0 Å². The van der Waals surface area contributed by atoms with Gasteiger partial charge in [0.15, 0.2) is 5.76 Å². The Hall–Kier alpha value is -1.29. The Morgan fingerprint density at radius 2 is 2.47 bits per heavy atom. The molecular formula is C15H23N2O2+. The number of rotatable bonds is 4. The van der Waals surface area contributed by atoms with Gasteiger partial charge in [-0.25, -0.2) is 0 Å². The minimum Gasteiger partial charge on any atom is -0.459 e. The van der Waals surface area contributed by atoms with Gasteiger partial charge in [-0.3, -0.25) is 4.79 Å². The van der Waals surface area contributed by atoms with E-state index in [9.17, 15) is 4.79 Å². The Morgan fingerprint density at radius 1 is 1.58 bits per heavy atom. The van der Waals surface area contributed by atoms with Gasteiger partial charge < -0.3 is 14.6 Å². The lowest BCUT2D eigenvalue weighted by Crippen LogP contribution is -3.20. The van der Waals surface area contributed by atoms with E-state index in [0.717, 1.165) is 18.4 Å². The van der Waals surface area contributed by atoms with Crippen molar-refractivity contribution in [2.75, 3.05) is 19.6 Å². The maximum Gasteiger partial charge on any atom is 0.287 e. The first kappa shape index (κ1) is 12.7. The highest BCUT2D eigenvalue weighted by molar-refractivity contribution is 5.91. The topological polar surface area (TPSA) is 46.7 Å². The lowest BCUT2D eigenvalue weighted by Gasteiger charge is -2.46. The van der Waals surface area contributed by atoms with Gasteiger partial charge in [0.25, 0.3) is 5.91 Å². The molecule has 104 valence electrons. The Balaban J connectivity index is 1.53. The van der Waals surface area contributed by atoms with E-state index < -0.39 is 0 Å². The zero-order chi connectivity index (χ0) is 13.2. The van der Waals surface area contributed by atoms with Crippen LogP contribution < -0.4 is 10.2 Å². The first-order valence-corrected chi connectivity index (χ1v) is 7.44. The summed E-state index contributed by atoms with van der Waals surface area (Å²) in [5.74, 6) is 2.12. The first-order valence-electron chi connectivity index (χ1n) is 7.44. The number of carbonyl (C=O) groups excluding carboxylic acids is 1. The third-order valence-electron chi connectivity index (χ3n) is 4.97. The number of hydrogen-bond acceptors (Lipinski definition) is 2. The molecule has 4 atom stereocenters. The predicted octanol–water partition coefficient (Wildman–Crippen LogP) is 0.713. The van der Waals surface area contributed by atoms with Crippen LogP contribution in [-0.4, -0.2) is 31.6 Å². The molecule has 2 N–H and O–H groups in total. The number of fused-ring (bicyclic) bond motifs is 3. The summed E-state index contributed by atoms with van der Waals surface area (Å²) in [6.45, 7) is 5.66. The SMILES string of the molecule is CC[C@H]1C[NH+]2CC[C@H]1C[C@@H]2CNC(=O)c1ccco1. The molecule has 1 amide bonds. The average molecular weight is 263 g/mol. The summed E-state index contributed by atoms with van der Waals surface area (Å²) < 4.78 is 5.11. The van der Waals surface area contributed by atoms with Crippen LogP contribution in [0.1, 0.15) is 36.7 Å². The van der Waals surface area contributed by atoms with Crippen LogP contribution in [-0.2, 0) is 0 Å². The second-order valence-corrected chi connectivity index (χ2v) is 5.95. The zero-order valence-corrected chi connectivity index (χ0v) is 11.5. The molecule has 4 rings (SSSR count). The molecule has 3 aliphatic heterocycles. The number of furan rings is 1. The van der Waals surface area contributed by atoms with Gasteiger partial charge in [0.2, 0.25) is 0 Å². The Kier molecular flexibility index (Phi) is 3.60. The molecule has 0 spiro atoms. The third kappa shape index (κ3) is 2.54. The molecule has 4 heterocycles. The van der Waals surface area contributed by atoms with Gasteiger partial charge in [0.05, 0.1) is 25.9 Å². The summed E-state index contributed by atoms with van der Waals surface area (Å²) in [5, 5.41) is 3.02.